The molecule has 150 valence electrons. The van der Waals surface area contributed by atoms with Gasteiger partial charge < -0.3 is 14.8 Å². The Labute approximate surface area is 168 Å². The summed E-state index contributed by atoms with van der Waals surface area (Å²) in [6, 6.07) is 6.73. The van der Waals surface area contributed by atoms with E-state index >= 15 is 0 Å². The fourth-order valence-corrected chi connectivity index (χ4v) is 3.98. The van der Waals surface area contributed by atoms with Gasteiger partial charge in [-0.1, -0.05) is 12.1 Å². The molecule has 2 aliphatic rings. The number of piperidine rings is 1. The van der Waals surface area contributed by atoms with Gasteiger partial charge >= 0.3 is 0 Å². The lowest BCUT2D eigenvalue weighted by atomic mass is 9.95. The molecule has 0 bridgehead atoms. The van der Waals surface area contributed by atoms with E-state index in [1.807, 2.05) is 6.33 Å². The predicted molar refractivity (Wildman–Crippen MR) is 107 cm³/mol. The number of nitrogens with zero attached hydrogens (tertiary/aromatic N) is 5. The van der Waals surface area contributed by atoms with Crippen molar-refractivity contribution < 1.29 is 9.18 Å². The Bertz CT molecular complexity index is 1020. The second-order valence-electron chi connectivity index (χ2n) is 7.86. The smallest absolute Gasteiger partial charge is 0.223 e. The molecule has 1 saturated heterocycles. The predicted octanol–water partition coefficient (Wildman–Crippen LogP) is 2.83. The third-order valence-corrected chi connectivity index (χ3v) is 5.83. The normalized spacial score (nSPS) is 17.6. The maximum atomic E-state index is 13.0. The Morgan fingerprint density at radius 3 is 2.55 bits per heavy atom. The fraction of sp³-hybridized carbons (Fsp3) is 0.429. The van der Waals surface area contributed by atoms with E-state index in [1.54, 1.807) is 18.5 Å². The third kappa shape index (κ3) is 3.66. The Morgan fingerprint density at radius 2 is 1.83 bits per heavy atom. The zero-order valence-corrected chi connectivity index (χ0v) is 16.1. The monoisotopic (exact) mass is 394 g/mol. The summed E-state index contributed by atoms with van der Waals surface area (Å²) in [6.07, 6.45) is 7.39. The quantitative estimate of drug-likeness (QED) is 0.720. The van der Waals surface area contributed by atoms with Crippen molar-refractivity contribution in [1.29, 1.82) is 0 Å². The highest BCUT2D eigenvalue weighted by Crippen LogP contribution is 2.37. The number of fused-ring (bicyclic) bond motifs is 1. The molecule has 0 spiro atoms. The summed E-state index contributed by atoms with van der Waals surface area (Å²) >= 11 is 0. The van der Waals surface area contributed by atoms with E-state index in [1.165, 1.54) is 25.0 Å². The molecule has 1 aliphatic heterocycles. The first kappa shape index (κ1) is 18.0. The van der Waals surface area contributed by atoms with Crippen LogP contribution in [0.2, 0.25) is 0 Å². The van der Waals surface area contributed by atoms with Crippen molar-refractivity contribution in [1.82, 2.24) is 24.8 Å². The summed E-state index contributed by atoms with van der Waals surface area (Å²) in [4.78, 5) is 28.2. The average Bonchev–Trinajstić information content (AvgIpc) is 3.51. The van der Waals surface area contributed by atoms with Crippen LogP contribution in [0, 0.1) is 11.7 Å². The lowest BCUT2D eigenvalue weighted by Crippen LogP contribution is -2.40. The van der Waals surface area contributed by atoms with Gasteiger partial charge in [-0.05, 0) is 43.4 Å². The van der Waals surface area contributed by atoms with E-state index in [0.717, 1.165) is 48.5 Å². The number of carbonyl (C=O) groups is 1. The van der Waals surface area contributed by atoms with Gasteiger partial charge in [-0.2, -0.15) is 0 Å². The minimum absolute atomic E-state index is 0.0203. The lowest BCUT2D eigenvalue weighted by Gasteiger charge is -2.32. The molecule has 5 rings (SSSR count). The Balaban J connectivity index is 1.21. The van der Waals surface area contributed by atoms with Crippen LogP contribution in [0.5, 0.6) is 0 Å². The van der Waals surface area contributed by atoms with Gasteiger partial charge in [-0.3, -0.25) is 4.79 Å². The summed E-state index contributed by atoms with van der Waals surface area (Å²) in [7, 11) is 0. The Hall–Kier alpha value is -3.03. The molecule has 1 aliphatic carbocycles. The molecule has 8 heteroatoms. The van der Waals surface area contributed by atoms with Crippen molar-refractivity contribution >= 4 is 22.9 Å². The van der Waals surface area contributed by atoms with Crippen molar-refractivity contribution in [3.05, 3.63) is 48.3 Å². The largest absolute Gasteiger partial charge is 0.355 e. The number of amides is 1. The van der Waals surface area contributed by atoms with E-state index in [9.17, 15) is 9.18 Å². The van der Waals surface area contributed by atoms with Crippen LogP contribution in [-0.2, 0) is 11.3 Å². The van der Waals surface area contributed by atoms with Crippen molar-refractivity contribution in [2.75, 3.05) is 18.0 Å². The van der Waals surface area contributed by atoms with Gasteiger partial charge in [0.25, 0.3) is 0 Å². The van der Waals surface area contributed by atoms with E-state index < -0.39 is 0 Å². The molecule has 0 atom stereocenters. The van der Waals surface area contributed by atoms with Crippen molar-refractivity contribution in [3.8, 4) is 0 Å². The maximum absolute atomic E-state index is 13.0. The first-order chi connectivity index (χ1) is 14.2. The molecule has 29 heavy (non-hydrogen) atoms. The molecule has 0 radical (unpaired) electrons. The number of nitrogens with one attached hydrogen (secondary N) is 1. The van der Waals surface area contributed by atoms with Gasteiger partial charge in [0, 0.05) is 31.6 Å². The van der Waals surface area contributed by atoms with E-state index in [0.29, 0.717) is 12.6 Å². The second kappa shape index (κ2) is 7.42. The van der Waals surface area contributed by atoms with E-state index in [-0.39, 0.29) is 17.6 Å². The van der Waals surface area contributed by atoms with Crippen LogP contribution >= 0.6 is 0 Å². The number of hydrogen-bond acceptors (Lipinski definition) is 5. The molecule has 3 aromatic rings. The number of anilines is 1. The number of hydrogen-bond donors (Lipinski definition) is 1. The molecule has 1 amide bonds. The van der Waals surface area contributed by atoms with Crippen LogP contribution in [0.4, 0.5) is 10.2 Å². The summed E-state index contributed by atoms with van der Waals surface area (Å²) in [5, 5.41) is 2.97. The highest BCUT2D eigenvalue weighted by Gasteiger charge is 2.29. The first-order valence-electron chi connectivity index (χ1n) is 10.1. The van der Waals surface area contributed by atoms with Crippen molar-refractivity contribution in [2.24, 2.45) is 5.92 Å². The molecular formula is C21H23FN6O. The fourth-order valence-electron chi connectivity index (χ4n) is 3.98. The highest BCUT2D eigenvalue weighted by atomic mass is 19.1. The number of aromatic nitrogens is 4. The van der Waals surface area contributed by atoms with Gasteiger partial charge in [0.2, 0.25) is 5.91 Å². The molecular weight excluding hydrogens is 371 g/mol. The Morgan fingerprint density at radius 1 is 1.07 bits per heavy atom. The van der Waals surface area contributed by atoms with Crippen molar-refractivity contribution in [3.63, 3.8) is 0 Å². The molecule has 2 aromatic heterocycles. The molecule has 0 unspecified atom stereocenters. The lowest BCUT2D eigenvalue weighted by molar-refractivity contribution is -0.125. The number of carbonyl (C=O) groups excluding carboxylic acids is 1. The highest BCUT2D eigenvalue weighted by molar-refractivity contribution is 5.84. The number of halogens is 1. The zero-order valence-electron chi connectivity index (χ0n) is 16.1. The van der Waals surface area contributed by atoms with Crippen LogP contribution in [0.3, 0.4) is 0 Å². The van der Waals surface area contributed by atoms with Gasteiger partial charge in [0.1, 0.15) is 12.1 Å². The second-order valence-corrected chi connectivity index (χ2v) is 7.86. The summed E-state index contributed by atoms with van der Waals surface area (Å²) in [5.41, 5.74) is 2.64. The third-order valence-electron chi connectivity index (χ3n) is 5.83. The van der Waals surface area contributed by atoms with Gasteiger partial charge in [0.15, 0.2) is 17.0 Å². The zero-order chi connectivity index (χ0) is 19.8. The van der Waals surface area contributed by atoms with Gasteiger partial charge in [0.05, 0.1) is 6.33 Å². The summed E-state index contributed by atoms with van der Waals surface area (Å²) in [5.74, 6) is 0.626. The van der Waals surface area contributed by atoms with E-state index in [2.05, 4.69) is 29.7 Å². The number of benzene rings is 1. The van der Waals surface area contributed by atoms with Crippen LogP contribution < -0.4 is 10.2 Å². The molecule has 2 fully saturated rings. The van der Waals surface area contributed by atoms with Crippen LogP contribution in [0.15, 0.2) is 36.9 Å². The topological polar surface area (TPSA) is 75.9 Å². The molecule has 1 saturated carbocycles. The molecule has 1 aromatic carbocycles. The van der Waals surface area contributed by atoms with E-state index in [4.69, 9.17) is 0 Å². The van der Waals surface area contributed by atoms with Gasteiger partial charge in [-0.15, -0.1) is 0 Å². The van der Waals surface area contributed by atoms with Gasteiger partial charge in [-0.25, -0.2) is 19.3 Å². The minimum Gasteiger partial charge on any atom is -0.355 e. The van der Waals surface area contributed by atoms with Crippen LogP contribution in [0.25, 0.3) is 11.2 Å². The van der Waals surface area contributed by atoms with Crippen molar-refractivity contribution in [2.45, 2.75) is 38.3 Å². The summed E-state index contributed by atoms with van der Waals surface area (Å²) < 4.78 is 15.1. The molecule has 7 nitrogen and oxygen atoms in total. The first-order valence-corrected chi connectivity index (χ1v) is 10.1. The maximum Gasteiger partial charge on any atom is 0.223 e. The van der Waals surface area contributed by atoms with Crippen LogP contribution in [-0.4, -0.2) is 38.5 Å². The molecule has 3 heterocycles. The number of imidazole rings is 1. The minimum atomic E-state index is -0.270. The van der Waals surface area contributed by atoms with Crippen LogP contribution in [0.1, 0.15) is 37.3 Å². The molecule has 1 N–H and O–H groups in total. The Kier molecular flexibility index (Phi) is 4.61. The number of rotatable bonds is 5. The summed E-state index contributed by atoms with van der Waals surface area (Å²) in [6.45, 7) is 1.94. The SMILES string of the molecule is O=C(NCc1ccc(F)cc1)C1CCN(c2ncnc3c2ncn3C2CC2)CC1. The standard InChI is InChI=1S/C21H23FN6O/c22-16-3-1-14(2-4-16)11-23-21(29)15-7-9-27(10-8-15)19-18-20(25-12-24-19)28(13-26-18)17-5-6-17/h1-4,12-13,15,17H,5-11H2,(H,23,29). The average molecular weight is 394 g/mol.